The number of nitrogens with zero attached hydrogens (tertiary/aromatic N) is 1. The Bertz CT molecular complexity index is 530. The number of rotatable bonds is 5. The normalized spacial score (nSPS) is 14.6. The monoisotopic (exact) mass is 302 g/mol. The van der Waals surface area contributed by atoms with Gasteiger partial charge in [-0.3, -0.25) is 0 Å². The summed E-state index contributed by atoms with van der Waals surface area (Å²) in [5.74, 6) is -0.945. The van der Waals surface area contributed by atoms with Crippen LogP contribution in [0.5, 0.6) is 0 Å². The lowest BCUT2D eigenvalue weighted by Gasteiger charge is -2.18. The molecule has 0 saturated heterocycles. The lowest BCUT2D eigenvalue weighted by molar-refractivity contribution is -0.134. The first-order valence-electron chi connectivity index (χ1n) is 6.93. The van der Waals surface area contributed by atoms with Crippen molar-refractivity contribution in [1.29, 1.82) is 0 Å². The van der Waals surface area contributed by atoms with Gasteiger partial charge in [0, 0.05) is 18.7 Å². The van der Waals surface area contributed by atoms with Gasteiger partial charge in [0.25, 0.3) is 0 Å². The van der Waals surface area contributed by atoms with Gasteiger partial charge in [0.2, 0.25) is 0 Å². The van der Waals surface area contributed by atoms with Crippen LogP contribution in [0.2, 0.25) is 0 Å². The van der Waals surface area contributed by atoms with Crippen molar-refractivity contribution < 1.29 is 23.1 Å². The van der Waals surface area contributed by atoms with Gasteiger partial charge in [-0.1, -0.05) is 0 Å². The molecule has 0 aromatic carbocycles. The van der Waals surface area contributed by atoms with E-state index in [2.05, 4.69) is 10.3 Å². The second-order valence-corrected chi connectivity index (χ2v) is 5.15. The van der Waals surface area contributed by atoms with Crippen LogP contribution in [0.4, 0.5) is 19.0 Å². The molecule has 116 valence electrons. The lowest BCUT2D eigenvalue weighted by atomic mass is 9.94. The number of halogens is 3. The largest absolute Gasteiger partial charge is 0.478 e. The van der Waals surface area contributed by atoms with Crippen LogP contribution in [0.25, 0.3) is 0 Å². The van der Waals surface area contributed by atoms with Gasteiger partial charge in [0.1, 0.15) is 11.4 Å². The Labute approximate surface area is 120 Å². The first-order valence-corrected chi connectivity index (χ1v) is 6.93. The number of carboxylic acid groups (broad SMARTS) is 1. The van der Waals surface area contributed by atoms with E-state index in [1.165, 1.54) is 0 Å². The number of aromatic nitrogens is 1. The average Bonchev–Trinajstić information content (AvgIpc) is 2.41. The third kappa shape index (κ3) is 4.34. The number of alkyl halides is 3. The molecule has 1 aliphatic carbocycles. The van der Waals surface area contributed by atoms with Crippen molar-refractivity contribution in [3.8, 4) is 0 Å². The molecule has 2 N–H and O–H groups in total. The predicted molar refractivity (Wildman–Crippen MR) is 71.6 cm³/mol. The zero-order valence-electron chi connectivity index (χ0n) is 11.5. The molecule has 0 saturated carbocycles. The average molecular weight is 302 g/mol. The first-order chi connectivity index (χ1) is 9.87. The topological polar surface area (TPSA) is 62.2 Å². The maximum atomic E-state index is 12.1. The molecule has 0 fully saturated rings. The van der Waals surface area contributed by atoms with Crippen molar-refractivity contribution in [3.63, 3.8) is 0 Å². The van der Waals surface area contributed by atoms with Crippen LogP contribution in [0.15, 0.2) is 6.07 Å². The fourth-order valence-corrected chi connectivity index (χ4v) is 2.43. The number of carboxylic acids is 1. The van der Waals surface area contributed by atoms with Crippen LogP contribution in [-0.4, -0.2) is 28.8 Å². The van der Waals surface area contributed by atoms with E-state index < -0.39 is 18.6 Å². The quantitative estimate of drug-likeness (QED) is 0.818. The summed E-state index contributed by atoms with van der Waals surface area (Å²) in [4.78, 5) is 15.5. The number of carbonyl (C=O) groups is 1. The highest BCUT2D eigenvalue weighted by atomic mass is 19.4. The summed E-state index contributed by atoms with van der Waals surface area (Å²) < 4.78 is 36.2. The Balaban J connectivity index is 2.08. The Morgan fingerprint density at radius 1 is 1.33 bits per heavy atom. The van der Waals surface area contributed by atoms with Crippen molar-refractivity contribution in [2.45, 2.75) is 44.7 Å². The molecule has 0 spiro atoms. The summed E-state index contributed by atoms with van der Waals surface area (Å²) >= 11 is 0. The smallest absolute Gasteiger partial charge is 0.389 e. The molecule has 0 aliphatic heterocycles. The van der Waals surface area contributed by atoms with Crippen molar-refractivity contribution in [1.82, 2.24) is 4.98 Å². The Morgan fingerprint density at radius 2 is 2.05 bits per heavy atom. The highest BCUT2D eigenvalue weighted by Gasteiger charge is 2.26. The molecular formula is C14H17F3N2O2. The van der Waals surface area contributed by atoms with Crippen LogP contribution in [-0.2, 0) is 12.8 Å². The molecule has 21 heavy (non-hydrogen) atoms. The van der Waals surface area contributed by atoms with Crippen molar-refractivity contribution in [2.75, 3.05) is 11.9 Å². The molecule has 0 atom stereocenters. The van der Waals surface area contributed by atoms with E-state index in [1.54, 1.807) is 6.07 Å². The van der Waals surface area contributed by atoms with E-state index >= 15 is 0 Å². The number of nitrogens with one attached hydrogen (secondary N) is 1. The van der Waals surface area contributed by atoms with Gasteiger partial charge in [0.05, 0.1) is 0 Å². The predicted octanol–water partition coefficient (Wildman–Crippen LogP) is 3.41. The fourth-order valence-electron chi connectivity index (χ4n) is 2.43. The molecule has 2 rings (SSSR count). The lowest BCUT2D eigenvalue weighted by Crippen LogP contribution is -2.16. The first kappa shape index (κ1) is 15.6. The van der Waals surface area contributed by atoms with Crippen LogP contribution < -0.4 is 5.32 Å². The second-order valence-electron chi connectivity index (χ2n) is 5.15. The minimum absolute atomic E-state index is 0.0302. The zero-order chi connectivity index (χ0) is 15.5. The summed E-state index contributed by atoms with van der Waals surface area (Å²) in [6.07, 6.45) is -1.61. The molecule has 0 bridgehead atoms. The van der Waals surface area contributed by atoms with Crippen LogP contribution in [0.1, 0.15) is 47.3 Å². The molecular weight excluding hydrogens is 285 g/mol. The number of pyridine rings is 1. The minimum atomic E-state index is -4.19. The molecule has 1 aromatic rings. The Hall–Kier alpha value is -1.79. The number of fused-ring (bicyclic) bond motifs is 1. The van der Waals surface area contributed by atoms with Gasteiger partial charge in [-0.15, -0.1) is 0 Å². The second kappa shape index (κ2) is 6.32. The molecule has 1 aliphatic rings. The number of hydrogen-bond donors (Lipinski definition) is 2. The Morgan fingerprint density at radius 3 is 2.71 bits per heavy atom. The van der Waals surface area contributed by atoms with E-state index in [0.29, 0.717) is 0 Å². The van der Waals surface area contributed by atoms with Gasteiger partial charge < -0.3 is 10.4 Å². The maximum Gasteiger partial charge on any atom is 0.389 e. The highest BCUT2D eigenvalue weighted by molar-refractivity contribution is 5.93. The number of anilines is 1. The molecule has 1 aromatic heterocycles. The molecule has 1 heterocycles. The zero-order valence-corrected chi connectivity index (χ0v) is 11.5. The maximum absolute atomic E-state index is 12.1. The Kier molecular flexibility index (Phi) is 4.69. The number of aromatic carboxylic acids is 1. The summed E-state index contributed by atoms with van der Waals surface area (Å²) in [7, 11) is 0. The van der Waals surface area contributed by atoms with E-state index in [9.17, 15) is 23.1 Å². The summed E-state index contributed by atoms with van der Waals surface area (Å²) in [5, 5.41) is 11.9. The molecule has 4 nitrogen and oxygen atoms in total. The van der Waals surface area contributed by atoms with Gasteiger partial charge in [-0.25, -0.2) is 9.78 Å². The SMILES string of the molecule is O=C(O)c1cc2c(nc1NCCCC(F)(F)F)CCCC2. The van der Waals surface area contributed by atoms with E-state index in [0.717, 1.165) is 36.9 Å². The molecule has 0 amide bonds. The molecule has 7 heteroatoms. The van der Waals surface area contributed by atoms with E-state index in [4.69, 9.17) is 0 Å². The summed E-state index contributed by atoms with van der Waals surface area (Å²) in [5.41, 5.74) is 1.81. The van der Waals surface area contributed by atoms with Gasteiger partial charge >= 0.3 is 12.1 Å². The van der Waals surface area contributed by atoms with Crippen molar-refractivity contribution in [2.24, 2.45) is 0 Å². The molecule has 0 unspecified atom stereocenters. The van der Waals surface area contributed by atoms with Crippen LogP contribution in [0.3, 0.4) is 0 Å². The van der Waals surface area contributed by atoms with Crippen LogP contribution in [0, 0.1) is 0 Å². The van der Waals surface area contributed by atoms with Crippen molar-refractivity contribution >= 4 is 11.8 Å². The van der Waals surface area contributed by atoms with Crippen LogP contribution >= 0.6 is 0 Å². The molecule has 0 radical (unpaired) electrons. The number of hydrogen-bond acceptors (Lipinski definition) is 3. The van der Waals surface area contributed by atoms with E-state index in [-0.39, 0.29) is 24.3 Å². The van der Waals surface area contributed by atoms with Gasteiger partial charge in [0.15, 0.2) is 0 Å². The third-order valence-electron chi connectivity index (χ3n) is 3.46. The minimum Gasteiger partial charge on any atom is -0.478 e. The third-order valence-corrected chi connectivity index (χ3v) is 3.46. The highest BCUT2D eigenvalue weighted by Crippen LogP contribution is 2.25. The fraction of sp³-hybridized carbons (Fsp3) is 0.571. The van der Waals surface area contributed by atoms with E-state index in [1.807, 2.05) is 0 Å². The summed E-state index contributed by atoms with van der Waals surface area (Å²) in [6, 6.07) is 1.59. The summed E-state index contributed by atoms with van der Waals surface area (Å²) in [6.45, 7) is 0.0472. The number of aryl methyl sites for hydroxylation is 2. The van der Waals surface area contributed by atoms with Crippen molar-refractivity contribution in [3.05, 3.63) is 22.9 Å². The standard InChI is InChI=1S/C14H17F3N2O2/c15-14(16,17)6-3-7-18-12-10(13(20)21)8-9-4-1-2-5-11(9)19-12/h8H,1-7H2,(H,18,19)(H,20,21). The van der Waals surface area contributed by atoms with Gasteiger partial charge in [-0.05, 0) is 43.7 Å². The van der Waals surface area contributed by atoms with Gasteiger partial charge in [-0.2, -0.15) is 13.2 Å².